The molecule has 1 unspecified atom stereocenters. The summed E-state index contributed by atoms with van der Waals surface area (Å²) in [5.74, 6) is -1.88. The van der Waals surface area contributed by atoms with E-state index in [0.29, 0.717) is 11.0 Å². The first-order chi connectivity index (χ1) is 7.56. The van der Waals surface area contributed by atoms with Crippen molar-refractivity contribution in [1.29, 1.82) is 0 Å². The summed E-state index contributed by atoms with van der Waals surface area (Å²) in [5, 5.41) is 11.1. The lowest BCUT2D eigenvalue weighted by atomic mass is 9.93. The Morgan fingerprint density at radius 1 is 1.56 bits per heavy atom. The lowest BCUT2D eigenvalue weighted by Gasteiger charge is -2.15. The number of nitrogens with zero attached hydrogens (tertiary/aromatic N) is 1. The zero-order chi connectivity index (χ0) is 11.7. The minimum Gasteiger partial charge on any atom is -0.474 e. The summed E-state index contributed by atoms with van der Waals surface area (Å²) in [6.45, 7) is 2.18. The quantitative estimate of drug-likeness (QED) is 0.725. The number of carbonyl (C=O) groups excluding carboxylic acids is 1. The number of aliphatic carboxylic acids is 1. The summed E-state index contributed by atoms with van der Waals surface area (Å²) < 4.78 is 0. The molecule has 1 aromatic rings. The Hall–Kier alpha value is -1.43. The van der Waals surface area contributed by atoms with Crippen LogP contribution >= 0.6 is 11.3 Å². The van der Waals surface area contributed by atoms with E-state index in [2.05, 4.69) is 17.2 Å². The third kappa shape index (κ3) is 2.21. The van der Waals surface area contributed by atoms with Crippen molar-refractivity contribution in [3.8, 4) is 0 Å². The van der Waals surface area contributed by atoms with E-state index in [9.17, 15) is 9.59 Å². The van der Waals surface area contributed by atoms with Crippen molar-refractivity contribution in [2.45, 2.75) is 26.2 Å². The molecule has 1 amide bonds. The molecule has 1 aliphatic carbocycles. The normalized spacial score (nSPS) is 18.9. The van der Waals surface area contributed by atoms with Crippen LogP contribution in [-0.2, 0) is 22.4 Å². The van der Waals surface area contributed by atoms with Gasteiger partial charge in [-0.25, -0.2) is 9.78 Å². The largest absolute Gasteiger partial charge is 0.474 e. The molecule has 1 heterocycles. The van der Waals surface area contributed by atoms with Crippen LogP contribution in [0.15, 0.2) is 0 Å². The van der Waals surface area contributed by atoms with Gasteiger partial charge in [0.2, 0.25) is 0 Å². The number of anilines is 1. The van der Waals surface area contributed by atoms with Crippen molar-refractivity contribution in [3.63, 3.8) is 0 Å². The summed E-state index contributed by atoms with van der Waals surface area (Å²) in [7, 11) is 0. The van der Waals surface area contributed by atoms with Crippen LogP contribution in [0.2, 0.25) is 0 Å². The van der Waals surface area contributed by atoms with Crippen LogP contribution in [0.1, 0.15) is 23.9 Å². The smallest absolute Gasteiger partial charge is 0.394 e. The lowest BCUT2D eigenvalue weighted by Crippen LogP contribution is -2.21. The van der Waals surface area contributed by atoms with Crippen LogP contribution in [0.4, 0.5) is 5.13 Å². The van der Waals surface area contributed by atoms with E-state index >= 15 is 0 Å². The number of nitrogens with one attached hydrogen (secondary N) is 1. The average molecular weight is 240 g/mol. The number of rotatable bonds is 1. The maximum absolute atomic E-state index is 10.9. The topological polar surface area (TPSA) is 79.3 Å². The van der Waals surface area contributed by atoms with Crippen molar-refractivity contribution in [2.24, 2.45) is 5.92 Å². The minimum absolute atomic E-state index is 0.395. The van der Waals surface area contributed by atoms with Crippen molar-refractivity contribution in [1.82, 2.24) is 4.98 Å². The highest BCUT2D eigenvalue weighted by atomic mass is 32.1. The van der Waals surface area contributed by atoms with E-state index in [1.54, 1.807) is 0 Å². The Kier molecular flexibility index (Phi) is 2.91. The van der Waals surface area contributed by atoms with Crippen LogP contribution < -0.4 is 5.32 Å². The van der Waals surface area contributed by atoms with Crippen molar-refractivity contribution in [2.75, 3.05) is 5.32 Å². The van der Waals surface area contributed by atoms with Crippen LogP contribution in [0.5, 0.6) is 0 Å². The first-order valence-corrected chi connectivity index (χ1v) is 5.90. The molecule has 5 nitrogen and oxygen atoms in total. The Morgan fingerprint density at radius 3 is 3.00 bits per heavy atom. The van der Waals surface area contributed by atoms with Crippen molar-refractivity contribution < 1.29 is 14.7 Å². The summed E-state index contributed by atoms with van der Waals surface area (Å²) in [5.41, 5.74) is 1.00. The third-order valence-electron chi connectivity index (χ3n) is 2.60. The van der Waals surface area contributed by atoms with Gasteiger partial charge in [0.1, 0.15) is 0 Å². The van der Waals surface area contributed by atoms with Gasteiger partial charge in [-0.2, -0.15) is 0 Å². The SMILES string of the molecule is CC1CCc2nc(NC(=O)C(=O)O)sc2C1. The third-order valence-corrected chi connectivity index (χ3v) is 3.64. The first-order valence-electron chi connectivity index (χ1n) is 5.09. The number of fused-ring (bicyclic) bond motifs is 1. The molecule has 2 N–H and O–H groups in total. The van der Waals surface area contributed by atoms with E-state index in [0.717, 1.165) is 25.0 Å². The molecule has 2 rings (SSSR count). The predicted octanol–water partition coefficient (Wildman–Crippen LogP) is 1.29. The predicted molar refractivity (Wildman–Crippen MR) is 59.6 cm³/mol. The van der Waals surface area contributed by atoms with E-state index < -0.39 is 11.9 Å². The molecule has 0 saturated heterocycles. The van der Waals surface area contributed by atoms with Crippen LogP contribution in [0, 0.1) is 5.92 Å². The highest BCUT2D eigenvalue weighted by molar-refractivity contribution is 7.16. The number of amides is 1. The molecule has 6 heteroatoms. The fourth-order valence-electron chi connectivity index (χ4n) is 1.74. The summed E-state index contributed by atoms with van der Waals surface area (Å²) in [4.78, 5) is 26.7. The highest BCUT2D eigenvalue weighted by Gasteiger charge is 2.21. The van der Waals surface area contributed by atoms with Gasteiger partial charge in [-0.15, -0.1) is 11.3 Å². The molecular formula is C10H12N2O3S. The lowest BCUT2D eigenvalue weighted by molar-refractivity contribution is -0.147. The Balaban J connectivity index is 2.13. The van der Waals surface area contributed by atoms with Gasteiger partial charge in [0.25, 0.3) is 0 Å². The summed E-state index contributed by atoms with van der Waals surface area (Å²) in [6, 6.07) is 0. The van der Waals surface area contributed by atoms with Gasteiger partial charge in [0.15, 0.2) is 5.13 Å². The first kappa shape index (κ1) is 11.1. The zero-order valence-corrected chi connectivity index (χ0v) is 9.63. The monoisotopic (exact) mass is 240 g/mol. The zero-order valence-electron chi connectivity index (χ0n) is 8.82. The van der Waals surface area contributed by atoms with Crippen molar-refractivity contribution >= 4 is 28.3 Å². The van der Waals surface area contributed by atoms with Gasteiger partial charge in [0, 0.05) is 4.88 Å². The van der Waals surface area contributed by atoms with Gasteiger partial charge in [0.05, 0.1) is 5.69 Å². The molecule has 1 atom stereocenters. The number of hydrogen-bond acceptors (Lipinski definition) is 4. The Labute approximate surface area is 96.5 Å². The maximum Gasteiger partial charge on any atom is 0.394 e. The van der Waals surface area contributed by atoms with E-state index in [-0.39, 0.29) is 0 Å². The molecule has 0 saturated carbocycles. The fourth-order valence-corrected chi connectivity index (χ4v) is 2.91. The van der Waals surface area contributed by atoms with Gasteiger partial charge in [-0.1, -0.05) is 6.92 Å². The molecular weight excluding hydrogens is 228 g/mol. The minimum atomic E-state index is -1.48. The molecule has 0 bridgehead atoms. The van der Waals surface area contributed by atoms with Crippen LogP contribution in [-0.4, -0.2) is 22.0 Å². The molecule has 0 fully saturated rings. The van der Waals surface area contributed by atoms with E-state index in [1.807, 2.05) is 0 Å². The number of carboxylic acid groups (broad SMARTS) is 1. The van der Waals surface area contributed by atoms with Crippen molar-refractivity contribution in [3.05, 3.63) is 10.6 Å². The van der Waals surface area contributed by atoms with E-state index in [4.69, 9.17) is 5.11 Å². The van der Waals surface area contributed by atoms with E-state index in [1.165, 1.54) is 16.2 Å². The number of aryl methyl sites for hydroxylation is 1. The molecule has 0 aromatic carbocycles. The molecule has 1 aliphatic rings. The second-order valence-corrected chi connectivity index (χ2v) is 5.08. The van der Waals surface area contributed by atoms with Gasteiger partial charge in [-0.05, 0) is 25.2 Å². The maximum atomic E-state index is 10.9. The molecule has 1 aromatic heterocycles. The number of carboxylic acids is 1. The standard InChI is InChI=1S/C10H12N2O3S/c1-5-2-3-6-7(4-5)16-10(11-6)12-8(13)9(14)15/h5H,2-4H2,1H3,(H,14,15)(H,11,12,13). The molecule has 0 spiro atoms. The Bertz CT molecular complexity index is 441. The highest BCUT2D eigenvalue weighted by Crippen LogP contribution is 2.31. The van der Waals surface area contributed by atoms with Crippen LogP contribution in [0.3, 0.4) is 0 Å². The van der Waals surface area contributed by atoms with Gasteiger partial charge < -0.3 is 5.11 Å². The fraction of sp³-hybridized carbons (Fsp3) is 0.500. The summed E-state index contributed by atoms with van der Waals surface area (Å²) >= 11 is 1.38. The Morgan fingerprint density at radius 2 is 2.31 bits per heavy atom. The van der Waals surface area contributed by atoms with Crippen LogP contribution in [0.25, 0.3) is 0 Å². The molecule has 16 heavy (non-hydrogen) atoms. The van der Waals surface area contributed by atoms with Gasteiger partial charge in [-0.3, -0.25) is 10.1 Å². The second kappa shape index (κ2) is 4.21. The number of carbonyl (C=O) groups is 2. The molecule has 0 radical (unpaired) electrons. The molecule has 0 aliphatic heterocycles. The summed E-state index contributed by atoms with van der Waals surface area (Å²) in [6.07, 6.45) is 2.98. The average Bonchev–Trinajstić information content (AvgIpc) is 2.58. The number of hydrogen-bond donors (Lipinski definition) is 2. The number of aromatic nitrogens is 1. The van der Waals surface area contributed by atoms with Gasteiger partial charge >= 0.3 is 11.9 Å². The second-order valence-electron chi connectivity index (χ2n) is 4.00. The molecule has 86 valence electrons. The number of thiazole rings is 1.